The maximum atomic E-state index is 12.5. The summed E-state index contributed by atoms with van der Waals surface area (Å²) in [5.41, 5.74) is 1.43. The van der Waals surface area contributed by atoms with E-state index in [9.17, 15) is 4.79 Å². The number of fused-ring (bicyclic) bond motifs is 1. The van der Waals surface area contributed by atoms with Crippen LogP contribution in [0.15, 0.2) is 28.9 Å². The molecule has 0 atom stereocenters. The van der Waals surface area contributed by atoms with E-state index in [0.717, 1.165) is 23.8 Å². The Balaban J connectivity index is 1.82. The summed E-state index contributed by atoms with van der Waals surface area (Å²) in [4.78, 5) is 22.8. The minimum absolute atomic E-state index is 0.0170. The molecule has 5 nitrogen and oxygen atoms in total. The summed E-state index contributed by atoms with van der Waals surface area (Å²) in [7, 11) is 0. The van der Waals surface area contributed by atoms with E-state index in [1.165, 1.54) is 0 Å². The molecule has 3 rings (SSSR count). The minimum atomic E-state index is -0.114. The molecular weight excluding hydrogens is 266 g/mol. The zero-order valence-electron chi connectivity index (χ0n) is 12.6. The van der Waals surface area contributed by atoms with E-state index in [-0.39, 0.29) is 11.3 Å². The molecule has 21 heavy (non-hydrogen) atoms. The fourth-order valence-corrected chi connectivity index (χ4v) is 2.37. The van der Waals surface area contributed by atoms with Gasteiger partial charge in [-0.2, -0.15) is 0 Å². The topological polar surface area (TPSA) is 59.2 Å². The molecule has 5 heteroatoms. The Bertz CT molecular complexity index is 656. The van der Waals surface area contributed by atoms with Crippen LogP contribution < -0.4 is 0 Å². The van der Waals surface area contributed by atoms with Crippen molar-refractivity contribution < 1.29 is 9.21 Å². The number of aromatic nitrogens is 2. The highest BCUT2D eigenvalue weighted by Crippen LogP contribution is 2.27. The summed E-state index contributed by atoms with van der Waals surface area (Å²) in [6.07, 6.45) is 3.99. The Kier molecular flexibility index (Phi) is 3.27. The van der Waals surface area contributed by atoms with E-state index in [2.05, 4.69) is 30.7 Å². The van der Waals surface area contributed by atoms with Crippen LogP contribution in [0, 0.1) is 0 Å². The van der Waals surface area contributed by atoms with Gasteiger partial charge in [-0.15, -0.1) is 0 Å². The van der Waals surface area contributed by atoms with Crippen LogP contribution in [0.5, 0.6) is 0 Å². The lowest BCUT2D eigenvalue weighted by atomic mass is 9.97. The zero-order chi connectivity index (χ0) is 15.0. The highest BCUT2D eigenvalue weighted by atomic mass is 16.4. The lowest BCUT2D eigenvalue weighted by molar-refractivity contribution is 0.0727. The monoisotopic (exact) mass is 285 g/mol. The van der Waals surface area contributed by atoms with Gasteiger partial charge in [-0.05, 0) is 12.1 Å². The number of nitrogens with zero attached hydrogens (tertiary/aromatic N) is 3. The van der Waals surface area contributed by atoms with E-state index in [4.69, 9.17) is 4.42 Å². The molecule has 3 heterocycles. The van der Waals surface area contributed by atoms with Gasteiger partial charge in [0.25, 0.3) is 5.91 Å². The SMILES string of the molecule is CC(C)(C)c1nc2c(o1)CCN(C(=O)c1ccncc1)C2. The van der Waals surface area contributed by atoms with Gasteiger partial charge < -0.3 is 9.32 Å². The molecule has 1 amide bonds. The predicted molar refractivity (Wildman–Crippen MR) is 77.9 cm³/mol. The van der Waals surface area contributed by atoms with Gasteiger partial charge >= 0.3 is 0 Å². The lowest BCUT2D eigenvalue weighted by Crippen LogP contribution is -2.35. The molecular formula is C16H19N3O2. The standard InChI is InChI=1S/C16H19N3O2/c1-16(2,3)15-18-12-10-19(9-6-13(12)21-15)14(20)11-4-7-17-8-5-11/h4-5,7-8H,6,9-10H2,1-3H3. The van der Waals surface area contributed by atoms with E-state index in [1.54, 1.807) is 24.5 Å². The van der Waals surface area contributed by atoms with Crippen molar-refractivity contribution in [3.63, 3.8) is 0 Å². The molecule has 0 fully saturated rings. The van der Waals surface area contributed by atoms with Crippen molar-refractivity contribution in [2.45, 2.75) is 39.2 Å². The second-order valence-corrected chi connectivity index (χ2v) is 6.35. The smallest absolute Gasteiger partial charge is 0.254 e. The van der Waals surface area contributed by atoms with Gasteiger partial charge in [-0.25, -0.2) is 4.98 Å². The molecule has 0 saturated carbocycles. The van der Waals surface area contributed by atoms with Gasteiger partial charge in [0.1, 0.15) is 11.5 Å². The van der Waals surface area contributed by atoms with Crippen molar-refractivity contribution >= 4 is 5.91 Å². The van der Waals surface area contributed by atoms with Gasteiger partial charge in [0.2, 0.25) is 0 Å². The third-order valence-corrected chi connectivity index (χ3v) is 3.58. The minimum Gasteiger partial charge on any atom is -0.445 e. The summed E-state index contributed by atoms with van der Waals surface area (Å²) in [6, 6.07) is 3.47. The summed E-state index contributed by atoms with van der Waals surface area (Å²) in [5, 5.41) is 0. The summed E-state index contributed by atoms with van der Waals surface area (Å²) >= 11 is 0. The van der Waals surface area contributed by atoms with Crippen molar-refractivity contribution in [3.05, 3.63) is 47.4 Å². The predicted octanol–water partition coefficient (Wildman–Crippen LogP) is 2.57. The number of hydrogen-bond acceptors (Lipinski definition) is 4. The number of carbonyl (C=O) groups excluding carboxylic acids is 1. The van der Waals surface area contributed by atoms with Crippen LogP contribution >= 0.6 is 0 Å². The van der Waals surface area contributed by atoms with E-state index >= 15 is 0 Å². The molecule has 0 radical (unpaired) electrons. The summed E-state index contributed by atoms with van der Waals surface area (Å²) < 4.78 is 5.85. The number of oxazole rings is 1. The molecule has 0 unspecified atom stereocenters. The van der Waals surface area contributed by atoms with Crippen molar-refractivity contribution in [1.29, 1.82) is 0 Å². The van der Waals surface area contributed by atoms with Gasteiger partial charge in [0.15, 0.2) is 5.89 Å². The van der Waals surface area contributed by atoms with E-state index < -0.39 is 0 Å². The molecule has 2 aromatic rings. The van der Waals surface area contributed by atoms with Gasteiger partial charge in [-0.1, -0.05) is 20.8 Å². The Morgan fingerprint density at radius 3 is 2.67 bits per heavy atom. The Morgan fingerprint density at radius 1 is 1.29 bits per heavy atom. The maximum absolute atomic E-state index is 12.5. The normalized spacial score (nSPS) is 14.9. The van der Waals surface area contributed by atoms with Crippen LogP contribution in [0.1, 0.15) is 48.5 Å². The highest BCUT2D eigenvalue weighted by molar-refractivity contribution is 5.94. The second-order valence-electron chi connectivity index (χ2n) is 6.35. The Labute approximate surface area is 124 Å². The van der Waals surface area contributed by atoms with Gasteiger partial charge in [0, 0.05) is 36.3 Å². The highest BCUT2D eigenvalue weighted by Gasteiger charge is 2.29. The van der Waals surface area contributed by atoms with Crippen LogP contribution in [0.25, 0.3) is 0 Å². The number of amides is 1. The second kappa shape index (κ2) is 4.98. The van der Waals surface area contributed by atoms with Crippen molar-refractivity contribution in [1.82, 2.24) is 14.9 Å². The van der Waals surface area contributed by atoms with Crippen LogP contribution in [0.2, 0.25) is 0 Å². The zero-order valence-corrected chi connectivity index (χ0v) is 12.6. The average molecular weight is 285 g/mol. The number of pyridine rings is 1. The van der Waals surface area contributed by atoms with Crippen molar-refractivity contribution in [2.24, 2.45) is 0 Å². The van der Waals surface area contributed by atoms with Crippen LogP contribution in [-0.4, -0.2) is 27.3 Å². The van der Waals surface area contributed by atoms with Crippen LogP contribution in [0.4, 0.5) is 0 Å². The molecule has 0 N–H and O–H groups in total. The number of carbonyl (C=O) groups is 1. The number of hydrogen-bond donors (Lipinski definition) is 0. The van der Waals surface area contributed by atoms with Crippen LogP contribution in [-0.2, 0) is 18.4 Å². The molecule has 2 aromatic heterocycles. The summed E-state index contributed by atoms with van der Waals surface area (Å²) in [6.45, 7) is 7.39. The first kappa shape index (κ1) is 13.8. The molecule has 0 aromatic carbocycles. The molecule has 1 aliphatic rings. The summed E-state index contributed by atoms with van der Waals surface area (Å²) in [5.74, 6) is 1.67. The molecule has 110 valence electrons. The third kappa shape index (κ3) is 2.68. The largest absolute Gasteiger partial charge is 0.445 e. The van der Waals surface area contributed by atoms with Crippen molar-refractivity contribution in [3.8, 4) is 0 Å². The molecule has 0 saturated heterocycles. The molecule has 0 aliphatic carbocycles. The third-order valence-electron chi connectivity index (χ3n) is 3.58. The molecule has 0 bridgehead atoms. The van der Waals surface area contributed by atoms with Crippen molar-refractivity contribution in [2.75, 3.05) is 6.54 Å². The quantitative estimate of drug-likeness (QED) is 0.808. The van der Waals surface area contributed by atoms with E-state index in [0.29, 0.717) is 18.7 Å². The fourth-order valence-electron chi connectivity index (χ4n) is 2.37. The van der Waals surface area contributed by atoms with E-state index in [1.807, 2.05) is 4.90 Å². The van der Waals surface area contributed by atoms with Gasteiger partial charge in [-0.3, -0.25) is 9.78 Å². The van der Waals surface area contributed by atoms with Gasteiger partial charge in [0.05, 0.1) is 6.54 Å². The van der Waals surface area contributed by atoms with Crippen LogP contribution in [0.3, 0.4) is 0 Å². The average Bonchev–Trinajstić information content (AvgIpc) is 2.90. The first-order valence-electron chi connectivity index (χ1n) is 7.13. The number of rotatable bonds is 1. The molecule has 1 aliphatic heterocycles. The first-order valence-corrected chi connectivity index (χ1v) is 7.13. The molecule has 0 spiro atoms. The Morgan fingerprint density at radius 2 is 2.00 bits per heavy atom. The maximum Gasteiger partial charge on any atom is 0.254 e. The first-order chi connectivity index (χ1) is 9.95. The Hall–Kier alpha value is -2.17. The lowest BCUT2D eigenvalue weighted by Gasteiger charge is -2.25. The fraction of sp³-hybridized carbons (Fsp3) is 0.438.